The van der Waals surface area contributed by atoms with E-state index in [-0.39, 0.29) is 5.78 Å². The molecular weight excluding hydrogens is 232 g/mol. The highest BCUT2D eigenvalue weighted by molar-refractivity contribution is 6.22. The number of aryl methyl sites for hydroxylation is 1. The number of fused-ring (bicyclic) bond motifs is 1. The van der Waals surface area contributed by atoms with Crippen LogP contribution in [0.25, 0.3) is 5.57 Å². The molecule has 1 aliphatic rings. The summed E-state index contributed by atoms with van der Waals surface area (Å²) in [5.74, 6) is 0.191. The third-order valence-corrected chi connectivity index (χ3v) is 3.68. The van der Waals surface area contributed by atoms with Gasteiger partial charge in [0.2, 0.25) is 0 Å². The van der Waals surface area contributed by atoms with Gasteiger partial charge in [0.15, 0.2) is 5.78 Å². The van der Waals surface area contributed by atoms with Crippen LogP contribution in [0.5, 0.6) is 0 Å². The van der Waals surface area contributed by atoms with Crippen LogP contribution in [0.4, 0.5) is 0 Å². The summed E-state index contributed by atoms with van der Waals surface area (Å²) in [6.45, 7) is 4.12. The molecule has 1 aliphatic carbocycles. The monoisotopic (exact) mass is 248 g/mol. The summed E-state index contributed by atoms with van der Waals surface area (Å²) in [6, 6.07) is 16.3. The number of hydrogen-bond donors (Lipinski definition) is 0. The van der Waals surface area contributed by atoms with E-state index < -0.39 is 0 Å². The fourth-order valence-electron chi connectivity index (χ4n) is 2.77. The molecule has 0 bridgehead atoms. The molecule has 0 saturated heterocycles. The topological polar surface area (TPSA) is 17.1 Å². The third kappa shape index (κ3) is 1.82. The molecule has 1 nitrogen and oxygen atoms in total. The highest BCUT2D eigenvalue weighted by atomic mass is 16.1. The maximum atomic E-state index is 12.5. The van der Waals surface area contributed by atoms with Gasteiger partial charge in [-0.15, -0.1) is 0 Å². The van der Waals surface area contributed by atoms with Gasteiger partial charge in [0, 0.05) is 11.1 Å². The first kappa shape index (κ1) is 11.9. The van der Waals surface area contributed by atoms with Crippen LogP contribution in [0.15, 0.2) is 54.1 Å². The van der Waals surface area contributed by atoms with Crippen molar-refractivity contribution in [3.63, 3.8) is 0 Å². The second-order valence-electron chi connectivity index (χ2n) is 4.95. The first-order valence-electron chi connectivity index (χ1n) is 6.66. The van der Waals surface area contributed by atoms with Crippen molar-refractivity contribution >= 4 is 11.4 Å². The molecule has 0 atom stereocenters. The van der Waals surface area contributed by atoms with Crippen LogP contribution in [0.3, 0.4) is 0 Å². The minimum atomic E-state index is 0.191. The van der Waals surface area contributed by atoms with E-state index in [9.17, 15) is 4.79 Å². The second-order valence-corrected chi connectivity index (χ2v) is 4.95. The molecule has 0 aromatic heterocycles. The van der Waals surface area contributed by atoms with Gasteiger partial charge in [0.1, 0.15) is 0 Å². The molecular formula is C18H16O. The number of carbonyl (C=O) groups excluding carboxylic acids is 1. The van der Waals surface area contributed by atoms with Crippen LogP contribution >= 0.6 is 0 Å². The van der Waals surface area contributed by atoms with E-state index in [1.165, 1.54) is 5.56 Å². The molecule has 0 amide bonds. The van der Waals surface area contributed by atoms with Crippen LogP contribution < -0.4 is 0 Å². The lowest BCUT2D eigenvalue weighted by atomic mass is 9.96. The lowest BCUT2D eigenvalue weighted by Gasteiger charge is -2.07. The Kier molecular flexibility index (Phi) is 2.83. The Morgan fingerprint density at radius 2 is 1.68 bits per heavy atom. The average Bonchev–Trinajstić information content (AvgIpc) is 2.71. The first-order chi connectivity index (χ1) is 9.22. The minimum absolute atomic E-state index is 0.191. The minimum Gasteiger partial charge on any atom is -0.289 e. The van der Waals surface area contributed by atoms with E-state index in [1.807, 2.05) is 30.3 Å². The zero-order valence-electron chi connectivity index (χ0n) is 11.2. The fraction of sp³-hybridized carbons (Fsp3) is 0.167. The summed E-state index contributed by atoms with van der Waals surface area (Å²) in [5, 5.41) is 0. The van der Waals surface area contributed by atoms with Gasteiger partial charge in [-0.3, -0.25) is 4.79 Å². The summed E-state index contributed by atoms with van der Waals surface area (Å²) in [7, 11) is 0. The molecule has 1 heteroatoms. The largest absolute Gasteiger partial charge is 0.289 e. The molecule has 0 spiro atoms. The Hall–Kier alpha value is -2.15. The Balaban J connectivity index is 2.29. The van der Waals surface area contributed by atoms with Crippen molar-refractivity contribution in [2.24, 2.45) is 0 Å². The van der Waals surface area contributed by atoms with E-state index in [0.717, 1.165) is 34.3 Å². The van der Waals surface area contributed by atoms with Gasteiger partial charge >= 0.3 is 0 Å². The van der Waals surface area contributed by atoms with Gasteiger partial charge in [-0.1, -0.05) is 61.0 Å². The molecule has 0 fully saturated rings. The molecule has 0 heterocycles. The van der Waals surface area contributed by atoms with Crippen LogP contribution in [0.2, 0.25) is 0 Å². The highest BCUT2D eigenvalue weighted by Gasteiger charge is 2.28. The van der Waals surface area contributed by atoms with Crippen molar-refractivity contribution < 1.29 is 4.79 Å². The van der Waals surface area contributed by atoms with Gasteiger partial charge in [-0.2, -0.15) is 0 Å². The lowest BCUT2D eigenvalue weighted by Crippen LogP contribution is -1.97. The van der Waals surface area contributed by atoms with Gasteiger partial charge in [0.05, 0.1) is 0 Å². The quantitative estimate of drug-likeness (QED) is 0.769. The molecule has 3 rings (SSSR count). The number of rotatable bonds is 2. The van der Waals surface area contributed by atoms with Gasteiger partial charge in [0.25, 0.3) is 0 Å². The molecule has 19 heavy (non-hydrogen) atoms. The normalized spacial score (nSPS) is 13.9. The van der Waals surface area contributed by atoms with Crippen molar-refractivity contribution in [3.05, 3.63) is 76.4 Å². The highest BCUT2D eigenvalue weighted by Crippen LogP contribution is 2.38. The van der Waals surface area contributed by atoms with E-state index >= 15 is 0 Å². The zero-order chi connectivity index (χ0) is 13.4. The number of carbonyl (C=O) groups is 1. The number of ketones is 1. The van der Waals surface area contributed by atoms with Crippen molar-refractivity contribution in [2.45, 2.75) is 20.3 Å². The van der Waals surface area contributed by atoms with Crippen LogP contribution in [0.1, 0.15) is 40.4 Å². The maximum Gasteiger partial charge on any atom is 0.190 e. The van der Waals surface area contributed by atoms with Crippen molar-refractivity contribution in [1.29, 1.82) is 0 Å². The van der Waals surface area contributed by atoms with Crippen LogP contribution in [0, 0.1) is 6.92 Å². The number of benzene rings is 2. The summed E-state index contributed by atoms with van der Waals surface area (Å²) in [6.07, 6.45) is 0.775. The van der Waals surface area contributed by atoms with Crippen LogP contribution in [-0.2, 0) is 0 Å². The number of allylic oxidation sites excluding steroid dienone is 1. The second kappa shape index (κ2) is 4.51. The zero-order valence-corrected chi connectivity index (χ0v) is 11.2. The smallest absolute Gasteiger partial charge is 0.190 e. The van der Waals surface area contributed by atoms with Crippen molar-refractivity contribution in [1.82, 2.24) is 0 Å². The summed E-state index contributed by atoms with van der Waals surface area (Å²) >= 11 is 0. The Morgan fingerprint density at radius 3 is 2.37 bits per heavy atom. The summed E-state index contributed by atoms with van der Waals surface area (Å²) in [4.78, 5) is 12.5. The predicted octanol–water partition coefficient (Wildman–Crippen LogP) is 4.40. The van der Waals surface area contributed by atoms with Gasteiger partial charge < -0.3 is 0 Å². The lowest BCUT2D eigenvalue weighted by molar-refractivity contribution is 0.103. The van der Waals surface area contributed by atoms with Crippen LogP contribution in [-0.4, -0.2) is 5.78 Å². The van der Waals surface area contributed by atoms with E-state index in [2.05, 4.69) is 32.0 Å². The molecule has 0 N–H and O–H groups in total. The van der Waals surface area contributed by atoms with E-state index in [1.54, 1.807) is 0 Å². The molecule has 0 saturated carbocycles. The van der Waals surface area contributed by atoms with E-state index in [4.69, 9.17) is 0 Å². The van der Waals surface area contributed by atoms with E-state index in [0.29, 0.717) is 0 Å². The summed E-state index contributed by atoms with van der Waals surface area (Å²) in [5.41, 5.74) is 6.32. The maximum absolute atomic E-state index is 12.5. The summed E-state index contributed by atoms with van der Waals surface area (Å²) < 4.78 is 0. The molecule has 2 aromatic carbocycles. The Morgan fingerprint density at radius 1 is 0.947 bits per heavy atom. The average molecular weight is 248 g/mol. The third-order valence-electron chi connectivity index (χ3n) is 3.68. The number of hydrogen-bond acceptors (Lipinski definition) is 1. The fourth-order valence-corrected chi connectivity index (χ4v) is 2.77. The molecule has 0 radical (unpaired) electrons. The SMILES string of the molecule is CCC1=C(c2ccccc2)c2cc(C)ccc2C1=O. The van der Waals surface area contributed by atoms with Crippen molar-refractivity contribution in [2.75, 3.05) is 0 Å². The standard InChI is InChI=1S/C18H16O/c1-3-14-17(13-7-5-4-6-8-13)16-11-12(2)9-10-15(16)18(14)19/h4-11H,3H2,1-2H3. The van der Waals surface area contributed by atoms with Crippen molar-refractivity contribution in [3.8, 4) is 0 Å². The Labute approximate surface area is 113 Å². The Bertz CT molecular complexity index is 678. The van der Waals surface area contributed by atoms with Gasteiger partial charge in [-0.05, 0) is 30.0 Å². The number of Topliss-reactive ketones (excluding diaryl/α,β-unsaturated/α-hetero) is 1. The first-order valence-corrected chi connectivity index (χ1v) is 6.66. The molecule has 0 unspecified atom stereocenters. The van der Waals surface area contributed by atoms with Gasteiger partial charge in [-0.25, -0.2) is 0 Å². The molecule has 2 aromatic rings. The molecule has 94 valence electrons. The predicted molar refractivity (Wildman–Crippen MR) is 78.3 cm³/mol. The molecule has 0 aliphatic heterocycles.